The summed E-state index contributed by atoms with van der Waals surface area (Å²) in [6, 6.07) is 13.7. The van der Waals surface area contributed by atoms with E-state index in [1.165, 1.54) is 14.2 Å². The minimum atomic E-state index is -1.85. The number of methoxy groups -OCH3 is 2. The van der Waals surface area contributed by atoms with E-state index in [1.807, 2.05) is 6.07 Å². The maximum atomic E-state index is 11.0. The summed E-state index contributed by atoms with van der Waals surface area (Å²) in [4.78, 5) is 0. The van der Waals surface area contributed by atoms with Crippen LogP contribution in [0.25, 0.3) is 0 Å². The van der Waals surface area contributed by atoms with Gasteiger partial charge in [-0.2, -0.15) is 0 Å². The van der Waals surface area contributed by atoms with Gasteiger partial charge in [0.25, 0.3) is 0 Å². The van der Waals surface area contributed by atoms with E-state index in [-0.39, 0.29) is 0 Å². The third-order valence-corrected chi connectivity index (χ3v) is 14.8. The molecule has 1 unspecified atom stereocenters. The van der Waals surface area contributed by atoms with E-state index < -0.39 is 44.9 Å². The van der Waals surface area contributed by atoms with E-state index in [2.05, 4.69) is 77.3 Å². The summed E-state index contributed by atoms with van der Waals surface area (Å²) in [6.07, 6.45) is -5.29. The summed E-state index contributed by atoms with van der Waals surface area (Å²) in [6.45, 7) is 13.3. The predicted octanol–water partition coefficient (Wildman–Crippen LogP) is 4.13. The maximum Gasteiger partial charge on any atom is 0.228 e. The Morgan fingerprint density at radius 2 is 1.45 bits per heavy atom. The number of ether oxygens (including phenoxy) is 3. The van der Waals surface area contributed by atoms with Crippen molar-refractivity contribution in [2.24, 2.45) is 0 Å². The highest BCUT2D eigenvalue weighted by Crippen LogP contribution is 2.44. The summed E-state index contributed by atoms with van der Waals surface area (Å²) in [7, 11) is 1.01. The van der Waals surface area contributed by atoms with Gasteiger partial charge in [0.15, 0.2) is 0 Å². The van der Waals surface area contributed by atoms with Crippen molar-refractivity contribution in [3.05, 3.63) is 64.7 Å². The average molecular weight is 571 g/mol. The molecule has 220 valence electrons. The van der Waals surface area contributed by atoms with Gasteiger partial charge in [-0.3, -0.25) is 0 Å². The Kier molecular flexibility index (Phi) is 10.6. The molecule has 0 saturated carbocycles. The molecule has 0 bridgehead atoms. The standard InChI is InChI=1S/C32H46O7Si/c1-20(2)40(21(3)4,22(5)6)16-15-23-9-11-24(12-10-23)17-25-13-14-27(37-7)26(18-25)32(38-8)31(36)30(35)29(34)28(19-33)39-32/h9-14,18,20-22,28-31,33-36H,17,19H2,1-8H3/t28?,29-,30+,31-,32+/m1/s1. The van der Waals surface area contributed by atoms with Crippen LogP contribution in [-0.2, 0) is 21.7 Å². The molecule has 0 spiro atoms. The maximum absolute atomic E-state index is 11.0. The van der Waals surface area contributed by atoms with Crippen molar-refractivity contribution in [2.75, 3.05) is 20.8 Å². The van der Waals surface area contributed by atoms with Crippen LogP contribution in [0.1, 0.15) is 63.8 Å². The Morgan fingerprint density at radius 1 is 0.875 bits per heavy atom. The van der Waals surface area contributed by atoms with Crippen molar-refractivity contribution in [2.45, 2.75) is 94.8 Å². The summed E-state index contributed by atoms with van der Waals surface area (Å²) < 4.78 is 17.1. The Morgan fingerprint density at radius 3 is 1.95 bits per heavy atom. The molecule has 4 N–H and O–H groups in total. The number of aliphatic hydroxyl groups excluding tert-OH is 4. The molecule has 0 aromatic heterocycles. The highest BCUT2D eigenvalue weighted by molar-refractivity contribution is 6.90. The van der Waals surface area contributed by atoms with E-state index in [0.717, 1.165) is 16.7 Å². The van der Waals surface area contributed by atoms with E-state index >= 15 is 0 Å². The summed E-state index contributed by atoms with van der Waals surface area (Å²) in [5, 5.41) is 41.5. The first kappa shape index (κ1) is 32.3. The second-order valence-electron chi connectivity index (χ2n) is 11.7. The van der Waals surface area contributed by atoms with Crippen LogP contribution < -0.4 is 4.74 Å². The lowest BCUT2D eigenvalue weighted by atomic mass is 9.86. The number of hydrogen-bond donors (Lipinski definition) is 4. The Balaban J connectivity index is 1.93. The van der Waals surface area contributed by atoms with Crippen molar-refractivity contribution >= 4 is 8.07 Å². The van der Waals surface area contributed by atoms with Gasteiger partial charge in [0.1, 0.15) is 38.2 Å². The van der Waals surface area contributed by atoms with Gasteiger partial charge in [-0.15, -0.1) is 5.54 Å². The Hall–Kier alpha value is -2.22. The van der Waals surface area contributed by atoms with Gasteiger partial charge in [-0.25, -0.2) is 0 Å². The molecular weight excluding hydrogens is 524 g/mol. The SMILES string of the molecule is COc1ccc(Cc2ccc(C#C[Si](C(C)C)(C(C)C)C(C)C)cc2)cc1[C@]1(OC)OC(CO)[C@@H](O)[C@H](O)[C@H]1O. The fraction of sp³-hybridized carbons (Fsp3) is 0.562. The molecule has 40 heavy (non-hydrogen) atoms. The fourth-order valence-electron chi connectivity index (χ4n) is 6.34. The van der Waals surface area contributed by atoms with Crippen LogP contribution in [0.2, 0.25) is 16.6 Å². The van der Waals surface area contributed by atoms with Gasteiger partial charge in [-0.05, 0) is 58.4 Å². The van der Waals surface area contributed by atoms with Gasteiger partial charge in [0, 0.05) is 12.7 Å². The molecular formula is C32H46O7Si. The zero-order valence-electron chi connectivity index (χ0n) is 25.0. The van der Waals surface area contributed by atoms with E-state index in [9.17, 15) is 20.4 Å². The van der Waals surface area contributed by atoms with Crippen LogP contribution in [-0.4, -0.2) is 73.7 Å². The first-order valence-corrected chi connectivity index (χ1v) is 16.3. The summed E-state index contributed by atoms with van der Waals surface area (Å²) in [5.74, 6) is 2.02. The second kappa shape index (κ2) is 13.2. The summed E-state index contributed by atoms with van der Waals surface area (Å²) >= 11 is 0. The van der Waals surface area contributed by atoms with Gasteiger partial charge < -0.3 is 34.6 Å². The number of hydrogen-bond acceptors (Lipinski definition) is 7. The molecule has 0 aliphatic carbocycles. The zero-order chi connectivity index (χ0) is 29.8. The lowest BCUT2D eigenvalue weighted by Crippen LogP contribution is -2.64. The van der Waals surface area contributed by atoms with Gasteiger partial charge in [-0.1, -0.05) is 65.7 Å². The van der Waals surface area contributed by atoms with Crippen LogP contribution in [0.3, 0.4) is 0 Å². The molecule has 3 rings (SSSR count). The molecule has 8 heteroatoms. The predicted molar refractivity (Wildman–Crippen MR) is 159 cm³/mol. The molecule has 1 aliphatic rings. The van der Waals surface area contributed by atoms with Gasteiger partial charge in [0.2, 0.25) is 5.79 Å². The van der Waals surface area contributed by atoms with Crippen molar-refractivity contribution in [3.63, 3.8) is 0 Å². The second-order valence-corrected chi connectivity index (χ2v) is 17.3. The first-order chi connectivity index (χ1) is 18.9. The average Bonchev–Trinajstić information content (AvgIpc) is 2.93. The highest BCUT2D eigenvalue weighted by atomic mass is 28.3. The highest BCUT2D eigenvalue weighted by Gasteiger charge is 2.56. The lowest BCUT2D eigenvalue weighted by molar-refractivity contribution is -0.366. The molecule has 1 fully saturated rings. The third-order valence-electron chi connectivity index (χ3n) is 8.54. The van der Waals surface area contributed by atoms with Crippen molar-refractivity contribution < 1.29 is 34.6 Å². The minimum absolute atomic E-state index is 0.353. The van der Waals surface area contributed by atoms with Crippen molar-refractivity contribution in [1.82, 2.24) is 0 Å². The number of benzene rings is 2. The van der Waals surface area contributed by atoms with E-state index in [1.54, 1.807) is 12.1 Å². The van der Waals surface area contributed by atoms with Crippen LogP contribution in [0.4, 0.5) is 0 Å². The molecule has 0 radical (unpaired) electrons. The van der Waals surface area contributed by atoms with Crippen LogP contribution in [0.15, 0.2) is 42.5 Å². The Labute approximate surface area is 240 Å². The summed E-state index contributed by atoms with van der Waals surface area (Å²) in [5.41, 5.74) is 8.81. The quantitative estimate of drug-likeness (QED) is 0.265. The molecule has 2 aromatic rings. The van der Waals surface area contributed by atoms with Crippen LogP contribution in [0.5, 0.6) is 5.75 Å². The molecule has 1 saturated heterocycles. The lowest BCUT2D eigenvalue weighted by Gasteiger charge is -2.47. The topological polar surface area (TPSA) is 109 Å². The van der Waals surface area contributed by atoms with E-state index in [4.69, 9.17) is 14.2 Å². The van der Waals surface area contributed by atoms with Crippen molar-refractivity contribution in [1.29, 1.82) is 0 Å². The first-order valence-electron chi connectivity index (χ1n) is 14.0. The fourth-order valence-corrected chi connectivity index (χ4v) is 11.6. The molecule has 1 heterocycles. The molecule has 2 aromatic carbocycles. The zero-order valence-corrected chi connectivity index (χ0v) is 26.0. The van der Waals surface area contributed by atoms with E-state index in [0.29, 0.717) is 34.4 Å². The third kappa shape index (κ3) is 6.02. The Bertz CT molecular complexity index is 1160. The smallest absolute Gasteiger partial charge is 0.228 e. The van der Waals surface area contributed by atoms with Gasteiger partial charge >= 0.3 is 0 Å². The van der Waals surface area contributed by atoms with Crippen LogP contribution in [0, 0.1) is 11.5 Å². The number of rotatable bonds is 9. The number of aliphatic hydroxyl groups is 4. The van der Waals surface area contributed by atoms with Crippen molar-refractivity contribution in [3.8, 4) is 17.2 Å². The molecule has 1 aliphatic heterocycles. The van der Waals surface area contributed by atoms with Crippen LogP contribution >= 0.6 is 0 Å². The van der Waals surface area contributed by atoms with Gasteiger partial charge in [0.05, 0.1) is 19.3 Å². The molecule has 0 amide bonds. The molecule has 7 nitrogen and oxygen atoms in total. The minimum Gasteiger partial charge on any atom is -0.496 e. The molecule has 5 atom stereocenters. The largest absolute Gasteiger partial charge is 0.496 e. The normalized spacial score (nSPS) is 25.3. The monoisotopic (exact) mass is 570 g/mol.